The van der Waals surface area contributed by atoms with Gasteiger partial charge in [-0.3, -0.25) is 9.59 Å². The third kappa shape index (κ3) is 5.81. The number of nitrogens with zero attached hydrogens (tertiary/aromatic N) is 1. The van der Waals surface area contributed by atoms with Crippen molar-refractivity contribution in [2.45, 2.75) is 66.0 Å². The van der Waals surface area contributed by atoms with Crippen molar-refractivity contribution in [3.05, 3.63) is 35.9 Å². The molecule has 154 valence electrons. The van der Waals surface area contributed by atoms with E-state index in [-0.39, 0.29) is 25.0 Å². The zero-order valence-electron chi connectivity index (χ0n) is 17.7. The summed E-state index contributed by atoms with van der Waals surface area (Å²) in [6, 6.07) is 9.27. The van der Waals surface area contributed by atoms with Gasteiger partial charge in [0.05, 0.1) is 18.4 Å². The Bertz CT molecular complexity index is 715. The maximum absolute atomic E-state index is 13.3. The van der Waals surface area contributed by atoms with Crippen LogP contribution in [0.25, 0.3) is 0 Å². The molecule has 1 aliphatic rings. The second-order valence-electron chi connectivity index (χ2n) is 9.34. The Hall–Kier alpha value is -2.37. The molecule has 0 N–H and O–H groups in total. The number of imide groups is 1. The lowest BCUT2D eigenvalue weighted by atomic mass is 9.77. The minimum Gasteiger partial charge on any atom is -0.460 e. The summed E-state index contributed by atoms with van der Waals surface area (Å²) >= 11 is 0. The molecule has 1 fully saturated rings. The SMILES string of the molecule is CC(C)(C)OC(=O)CC(C(=O)N1C(=O)OCC1Cc1ccccc1)C(C)(C)C. The van der Waals surface area contributed by atoms with E-state index >= 15 is 0 Å². The van der Waals surface area contributed by atoms with Crippen molar-refractivity contribution in [2.75, 3.05) is 6.61 Å². The molecule has 0 radical (unpaired) electrons. The van der Waals surface area contributed by atoms with Crippen LogP contribution < -0.4 is 0 Å². The first-order valence-electron chi connectivity index (χ1n) is 9.64. The molecular formula is C22H31NO5. The van der Waals surface area contributed by atoms with Crippen molar-refractivity contribution in [1.82, 2.24) is 4.90 Å². The molecule has 0 aliphatic carbocycles. The average Bonchev–Trinajstić information content (AvgIpc) is 2.91. The molecule has 2 atom stereocenters. The summed E-state index contributed by atoms with van der Waals surface area (Å²) in [6.45, 7) is 11.2. The molecule has 28 heavy (non-hydrogen) atoms. The van der Waals surface area contributed by atoms with Gasteiger partial charge in [0.25, 0.3) is 0 Å². The van der Waals surface area contributed by atoms with Gasteiger partial charge >= 0.3 is 12.1 Å². The Kier molecular flexibility index (Phi) is 6.52. The highest BCUT2D eigenvalue weighted by atomic mass is 16.6. The van der Waals surface area contributed by atoms with Crippen LogP contribution in [0.5, 0.6) is 0 Å². The van der Waals surface area contributed by atoms with E-state index in [0.29, 0.717) is 6.42 Å². The van der Waals surface area contributed by atoms with Crippen LogP contribution in [-0.2, 0) is 25.5 Å². The first kappa shape index (κ1) is 21.9. The zero-order chi connectivity index (χ0) is 21.1. The Morgan fingerprint density at radius 3 is 2.29 bits per heavy atom. The molecular weight excluding hydrogens is 358 g/mol. The van der Waals surface area contributed by atoms with Gasteiger partial charge in [-0.25, -0.2) is 9.69 Å². The lowest BCUT2D eigenvalue weighted by Gasteiger charge is -2.33. The number of carbonyl (C=O) groups excluding carboxylic acids is 3. The van der Waals surface area contributed by atoms with Gasteiger partial charge in [0, 0.05) is 0 Å². The van der Waals surface area contributed by atoms with Crippen LogP contribution >= 0.6 is 0 Å². The highest BCUT2D eigenvalue weighted by Crippen LogP contribution is 2.33. The number of benzene rings is 1. The number of carbonyl (C=O) groups is 3. The molecule has 1 aromatic rings. The molecule has 2 amide bonds. The van der Waals surface area contributed by atoms with Gasteiger partial charge in [-0.05, 0) is 38.2 Å². The summed E-state index contributed by atoms with van der Waals surface area (Å²) in [4.78, 5) is 39.2. The average molecular weight is 389 g/mol. The van der Waals surface area contributed by atoms with E-state index in [1.165, 1.54) is 4.90 Å². The zero-order valence-corrected chi connectivity index (χ0v) is 17.7. The lowest BCUT2D eigenvalue weighted by molar-refractivity contribution is -0.160. The maximum atomic E-state index is 13.3. The van der Waals surface area contributed by atoms with E-state index in [1.54, 1.807) is 20.8 Å². The van der Waals surface area contributed by atoms with E-state index < -0.39 is 29.0 Å². The summed E-state index contributed by atoms with van der Waals surface area (Å²) in [6.07, 6.45) is -0.215. The van der Waals surface area contributed by atoms with Crippen molar-refractivity contribution in [3.8, 4) is 0 Å². The van der Waals surface area contributed by atoms with E-state index in [4.69, 9.17) is 9.47 Å². The summed E-state index contributed by atoms with van der Waals surface area (Å²) in [7, 11) is 0. The van der Waals surface area contributed by atoms with Gasteiger partial charge in [-0.2, -0.15) is 0 Å². The van der Waals surface area contributed by atoms with Crippen LogP contribution in [0.4, 0.5) is 4.79 Å². The summed E-state index contributed by atoms with van der Waals surface area (Å²) in [5.74, 6) is -1.53. The van der Waals surface area contributed by atoms with Crippen LogP contribution in [0, 0.1) is 11.3 Å². The highest BCUT2D eigenvalue weighted by molar-refractivity contribution is 5.96. The standard InChI is InChI=1S/C22H31NO5/c1-21(2,3)17(13-18(24)28-22(4,5)6)19(25)23-16(14-27-20(23)26)12-15-10-8-7-9-11-15/h7-11,16-17H,12-14H2,1-6H3. The number of cyclic esters (lactones) is 1. The molecule has 2 unspecified atom stereocenters. The summed E-state index contributed by atoms with van der Waals surface area (Å²) in [5.41, 5.74) is -0.137. The second-order valence-corrected chi connectivity index (χ2v) is 9.34. The summed E-state index contributed by atoms with van der Waals surface area (Å²) in [5, 5.41) is 0. The van der Waals surface area contributed by atoms with Crippen molar-refractivity contribution < 1.29 is 23.9 Å². The monoisotopic (exact) mass is 389 g/mol. The Morgan fingerprint density at radius 2 is 1.75 bits per heavy atom. The molecule has 6 nitrogen and oxygen atoms in total. The fourth-order valence-electron chi connectivity index (χ4n) is 3.25. The molecule has 1 saturated heterocycles. The molecule has 6 heteroatoms. The highest BCUT2D eigenvalue weighted by Gasteiger charge is 2.45. The lowest BCUT2D eigenvalue weighted by Crippen LogP contribution is -2.47. The maximum Gasteiger partial charge on any atom is 0.416 e. The van der Waals surface area contributed by atoms with Gasteiger partial charge in [0.1, 0.15) is 12.2 Å². The molecule has 1 aliphatic heterocycles. The smallest absolute Gasteiger partial charge is 0.416 e. The fourth-order valence-corrected chi connectivity index (χ4v) is 3.25. The molecule has 0 spiro atoms. The number of esters is 1. The topological polar surface area (TPSA) is 72.9 Å². The molecule has 0 bridgehead atoms. The number of rotatable bonds is 5. The molecule has 1 aromatic carbocycles. The molecule has 0 saturated carbocycles. The molecule has 0 aromatic heterocycles. The second kappa shape index (κ2) is 8.33. The van der Waals surface area contributed by atoms with Crippen molar-refractivity contribution >= 4 is 18.0 Å². The number of hydrogen-bond donors (Lipinski definition) is 0. The molecule has 2 rings (SSSR count). The van der Waals surface area contributed by atoms with Crippen molar-refractivity contribution in [2.24, 2.45) is 11.3 Å². The predicted molar refractivity (Wildman–Crippen MR) is 106 cm³/mol. The number of amides is 2. The summed E-state index contributed by atoms with van der Waals surface area (Å²) < 4.78 is 10.6. The Balaban J connectivity index is 2.21. The fraction of sp³-hybridized carbons (Fsp3) is 0.591. The largest absolute Gasteiger partial charge is 0.460 e. The normalized spacial score (nSPS) is 18.6. The van der Waals surface area contributed by atoms with Crippen LogP contribution in [0.15, 0.2) is 30.3 Å². The van der Waals surface area contributed by atoms with E-state index in [2.05, 4.69) is 0 Å². The van der Waals surface area contributed by atoms with Gasteiger partial charge in [0.15, 0.2) is 0 Å². The van der Waals surface area contributed by atoms with E-state index in [9.17, 15) is 14.4 Å². The first-order valence-corrected chi connectivity index (χ1v) is 9.64. The number of ether oxygens (including phenoxy) is 2. The van der Waals surface area contributed by atoms with Crippen molar-refractivity contribution in [1.29, 1.82) is 0 Å². The third-order valence-corrected chi connectivity index (χ3v) is 4.65. The van der Waals surface area contributed by atoms with E-state index in [1.807, 2.05) is 51.1 Å². The minimum absolute atomic E-state index is 0.0819. The van der Waals surface area contributed by atoms with Crippen LogP contribution in [-0.4, -0.2) is 41.1 Å². The van der Waals surface area contributed by atoms with Crippen LogP contribution in [0.2, 0.25) is 0 Å². The third-order valence-electron chi connectivity index (χ3n) is 4.65. The van der Waals surface area contributed by atoms with Crippen LogP contribution in [0.1, 0.15) is 53.5 Å². The Labute approximate surface area is 167 Å². The molecule has 1 heterocycles. The quantitative estimate of drug-likeness (QED) is 0.713. The van der Waals surface area contributed by atoms with Crippen molar-refractivity contribution in [3.63, 3.8) is 0 Å². The van der Waals surface area contributed by atoms with Gasteiger partial charge < -0.3 is 9.47 Å². The van der Waals surface area contributed by atoms with E-state index in [0.717, 1.165) is 5.56 Å². The predicted octanol–water partition coefficient (Wildman–Crippen LogP) is 3.97. The Morgan fingerprint density at radius 1 is 1.14 bits per heavy atom. The van der Waals surface area contributed by atoms with Gasteiger partial charge in [0.2, 0.25) is 5.91 Å². The van der Waals surface area contributed by atoms with Gasteiger partial charge in [-0.1, -0.05) is 51.1 Å². The minimum atomic E-state index is -0.689. The number of hydrogen-bond acceptors (Lipinski definition) is 5. The first-order chi connectivity index (χ1) is 12.9. The van der Waals surface area contributed by atoms with Crippen LogP contribution in [0.3, 0.4) is 0 Å². The van der Waals surface area contributed by atoms with Gasteiger partial charge in [-0.15, -0.1) is 0 Å².